The first kappa shape index (κ1) is 9.99. The van der Waals surface area contributed by atoms with Crippen molar-refractivity contribution in [3.63, 3.8) is 0 Å². The minimum Gasteiger partial charge on any atom is -0.496 e. The summed E-state index contributed by atoms with van der Waals surface area (Å²) in [5.74, 6) is 1.62. The first-order chi connectivity index (χ1) is 6.22. The molecule has 0 N–H and O–H groups in total. The fourth-order valence-corrected chi connectivity index (χ4v) is 1.35. The summed E-state index contributed by atoms with van der Waals surface area (Å²) in [4.78, 5) is 0. The molecule has 1 rings (SSSR count). The largest absolute Gasteiger partial charge is 0.496 e. The van der Waals surface area contributed by atoms with E-state index in [1.807, 2.05) is 19.1 Å². The van der Waals surface area contributed by atoms with Gasteiger partial charge in [0.05, 0.1) is 14.2 Å². The van der Waals surface area contributed by atoms with E-state index in [-0.39, 0.29) is 0 Å². The van der Waals surface area contributed by atoms with E-state index in [0.29, 0.717) is 0 Å². The molecule has 0 radical (unpaired) electrons. The molecule has 70 valence electrons. The highest BCUT2D eigenvalue weighted by atomic mass is 32.1. The lowest BCUT2D eigenvalue weighted by Gasteiger charge is -2.09. The Morgan fingerprint density at radius 1 is 1.15 bits per heavy atom. The zero-order valence-corrected chi connectivity index (χ0v) is 8.77. The Morgan fingerprint density at radius 3 is 2.23 bits per heavy atom. The number of rotatable bonds is 3. The van der Waals surface area contributed by atoms with Gasteiger partial charge in [-0.15, -0.1) is 0 Å². The maximum absolute atomic E-state index is 5.17. The van der Waals surface area contributed by atoms with E-state index in [4.69, 9.17) is 21.7 Å². The van der Waals surface area contributed by atoms with Crippen LogP contribution in [0.15, 0.2) is 12.1 Å². The number of hydrogen-bond donors (Lipinski definition) is 0. The second-order valence-corrected chi connectivity index (χ2v) is 2.92. The smallest absolute Gasteiger partial charge is 0.127 e. The van der Waals surface area contributed by atoms with Crippen molar-refractivity contribution in [1.29, 1.82) is 0 Å². The van der Waals surface area contributed by atoms with Crippen molar-refractivity contribution < 1.29 is 9.47 Å². The van der Waals surface area contributed by atoms with Gasteiger partial charge in [0.1, 0.15) is 11.5 Å². The van der Waals surface area contributed by atoms with Crippen LogP contribution in [-0.4, -0.2) is 19.6 Å². The molecule has 0 aliphatic rings. The van der Waals surface area contributed by atoms with Crippen molar-refractivity contribution in [3.8, 4) is 11.5 Å². The molecule has 0 aliphatic carbocycles. The average molecular weight is 196 g/mol. The summed E-state index contributed by atoms with van der Waals surface area (Å²) in [5, 5.41) is 1.58. The number of methoxy groups -OCH3 is 2. The zero-order chi connectivity index (χ0) is 9.84. The Balaban J connectivity index is 3.26. The van der Waals surface area contributed by atoms with Gasteiger partial charge in [-0.3, -0.25) is 0 Å². The van der Waals surface area contributed by atoms with E-state index < -0.39 is 0 Å². The molecule has 0 aliphatic heterocycles. The van der Waals surface area contributed by atoms with E-state index >= 15 is 0 Å². The van der Waals surface area contributed by atoms with Gasteiger partial charge in [0, 0.05) is 10.9 Å². The first-order valence-corrected chi connectivity index (χ1v) is 4.38. The minimum absolute atomic E-state index is 0.785. The second-order valence-electron chi connectivity index (χ2n) is 2.68. The van der Waals surface area contributed by atoms with Gasteiger partial charge < -0.3 is 9.47 Å². The maximum atomic E-state index is 5.17. The van der Waals surface area contributed by atoms with Gasteiger partial charge in [-0.05, 0) is 24.6 Å². The van der Waals surface area contributed by atoms with Gasteiger partial charge in [0.25, 0.3) is 0 Å². The molecule has 1 aromatic carbocycles. The fraction of sp³-hybridized carbons (Fsp3) is 0.300. The van der Waals surface area contributed by atoms with Crippen molar-refractivity contribution in [3.05, 3.63) is 23.3 Å². The molecule has 2 nitrogen and oxygen atoms in total. The Labute approximate surface area is 83.5 Å². The lowest BCUT2D eigenvalue weighted by molar-refractivity contribution is 0.400. The van der Waals surface area contributed by atoms with Crippen molar-refractivity contribution in [2.45, 2.75) is 6.92 Å². The third-order valence-corrected chi connectivity index (χ3v) is 2.13. The molecular formula is C10H12O2S. The van der Waals surface area contributed by atoms with Gasteiger partial charge in [0.2, 0.25) is 0 Å². The minimum atomic E-state index is 0.785. The summed E-state index contributed by atoms with van der Waals surface area (Å²) in [6, 6.07) is 3.79. The molecule has 0 amide bonds. The number of ether oxygens (including phenoxy) is 2. The number of benzene rings is 1. The molecule has 1 aromatic rings. The maximum Gasteiger partial charge on any atom is 0.127 e. The first-order valence-electron chi connectivity index (χ1n) is 3.90. The van der Waals surface area contributed by atoms with Crippen LogP contribution in [-0.2, 0) is 0 Å². The summed E-state index contributed by atoms with van der Waals surface area (Å²) in [5.41, 5.74) is 1.92. The Bertz CT molecular complexity index is 321. The van der Waals surface area contributed by atoms with Crippen LogP contribution in [0.4, 0.5) is 0 Å². The van der Waals surface area contributed by atoms with Gasteiger partial charge in [0.15, 0.2) is 0 Å². The van der Waals surface area contributed by atoms with Crippen LogP contribution in [0.2, 0.25) is 0 Å². The van der Waals surface area contributed by atoms with E-state index in [1.165, 1.54) is 0 Å². The molecule has 0 atom stereocenters. The Morgan fingerprint density at radius 2 is 1.77 bits per heavy atom. The predicted octanol–water partition coefficient (Wildman–Crippen LogP) is 2.36. The highest BCUT2D eigenvalue weighted by Crippen LogP contribution is 2.26. The van der Waals surface area contributed by atoms with Crippen LogP contribution in [0.5, 0.6) is 11.5 Å². The molecule has 13 heavy (non-hydrogen) atoms. The van der Waals surface area contributed by atoms with Crippen LogP contribution in [0.1, 0.15) is 11.1 Å². The van der Waals surface area contributed by atoms with Crippen molar-refractivity contribution >= 4 is 17.6 Å². The van der Waals surface area contributed by atoms with Crippen molar-refractivity contribution in [1.82, 2.24) is 0 Å². The third kappa shape index (κ3) is 1.98. The molecule has 0 bridgehead atoms. The summed E-state index contributed by atoms with van der Waals surface area (Å²) >= 11 is 4.86. The van der Waals surface area contributed by atoms with Crippen LogP contribution in [0, 0.1) is 6.92 Å². The predicted molar refractivity (Wildman–Crippen MR) is 57.0 cm³/mol. The quantitative estimate of drug-likeness (QED) is 0.691. The SMILES string of the molecule is COc1cc(C=S)c(OC)cc1C. The summed E-state index contributed by atoms with van der Waals surface area (Å²) < 4.78 is 10.3. The second kappa shape index (κ2) is 4.23. The summed E-state index contributed by atoms with van der Waals surface area (Å²) in [6.45, 7) is 1.97. The molecule has 0 aromatic heterocycles. The molecule has 3 heteroatoms. The Hall–Kier alpha value is -1.09. The lowest BCUT2D eigenvalue weighted by Crippen LogP contribution is -1.94. The molecule has 0 heterocycles. The van der Waals surface area contributed by atoms with Crippen molar-refractivity contribution in [2.24, 2.45) is 0 Å². The standard InChI is InChI=1S/C10H12O2S/c1-7-4-10(12-3)8(6-13)5-9(7)11-2/h4-6H,1-3H3. The number of aryl methyl sites for hydroxylation is 1. The lowest BCUT2D eigenvalue weighted by atomic mass is 10.1. The molecule has 0 unspecified atom stereocenters. The molecule has 0 saturated heterocycles. The zero-order valence-electron chi connectivity index (χ0n) is 7.96. The van der Waals surface area contributed by atoms with E-state index in [0.717, 1.165) is 22.6 Å². The van der Waals surface area contributed by atoms with Gasteiger partial charge in [-0.25, -0.2) is 0 Å². The van der Waals surface area contributed by atoms with Crippen LogP contribution in [0.25, 0.3) is 0 Å². The summed E-state index contributed by atoms with van der Waals surface area (Å²) in [6.07, 6.45) is 0. The molecular weight excluding hydrogens is 184 g/mol. The van der Waals surface area contributed by atoms with Gasteiger partial charge >= 0.3 is 0 Å². The third-order valence-electron chi connectivity index (χ3n) is 1.87. The van der Waals surface area contributed by atoms with E-state index in [9.17, 15) is 0 Å². The summed E-state index contributed by atoms with van der Waals surface area (Å²) in [7, 11) is 3.27. The number of thiocarbonyl (C=S) groups is 1. The van der Waals surface area contributed by atoms with Gasteiger partial charge in [-0.2, -0.15) is 0 Å². The topological polar surface area (TPSA) is 18.5 Å². The fourth-order valence-electron chi connectivity index (χ4n) is 1.17. The number of hydrogen-bond acceptors (Lipinski definition) is 3. The molecule has 0 fully saturated rings. The molecule has 0 saturated carbocycles. The normalized spacial score (nSPS) is 9.46. The van der Waals surface area contributed by atoms with Crippen molar-refractivity contribution in [2.75, 3.05) is 14.2 Å². The van der Waals surface area contributed by atoms with E-state index in [1.54, 1.807) is 19.6 Å². The van der Waals surface area contributed by atoms with E-state index in [2.05, 4.69) is 0 Å². The van der Waals surface area contributed by atoms with Crippen LogP contribution >= 0.6 is 12.2 Å². The Kier molecular flexibility index (Phi) is 3.25. The molecule has 0 spiro atoms. The highest BCUT2D eigenvalue weighted by molar-refractivity contribution is 7.79. The van der Waals surface area contributed by atoms with Gasteiger partial charge in [-0.1, -0.05) is 12.2 Å². The average Bonchev–Trinajstić information content (AvgIpc) is 2.17. The monoisotopic (exact) mass is 196 g/mol. The van der Waals surface area contributed by atoms with Crippen LogP contribution in [0.3, 0.4) is 0 Å². The van der Waals surface area contributed by atoms with Crippen LogP contribution < -0.4 is 9.47 Å². The highest BCUT2D eigenvalue weighted by Gasteiger charge is 2.05.